The number of hydrogen-bond acceptors (Lipinski definition) is 12. The summed E-state index contributed by atoms with van der Waals surface area (Å²) in [5.41, 5.74) is 6.65. The minimum absolute atomic E-state index is 0.0566. The van der Waals surface area contributed by atoms with Gasteiger partial charge in [0.25, 0.3) is 0 Å². The average Bonchev–Trinajstić information content (AvgIpc) is 3.36. The van der Waals surface area contributed by atoms with Crippen LogP contribution in [0.2, 0.25) is 0 Å². The molecule has 0 saturated carbocycles. The lowest BCUT2D eigenvalue weighted by Crippen LogP contribution is -2.11. The van der Waals surface area contributed by atoms with Crippen LogP contribution < -0.4 is 18.9 Å². The Morgan fingerprint density at radius 3 is 0.903 bits per heavy atom. The topological polar surface area (TPSA) is 173 Å². The van der Waals surface area contributed by atoms with Crippen LogP contribution in [0.15, 0.2) is 183 Å². The molecule has 0 amide bonds. The van der Waals surface area contributed by atoms with E-state index in [1.54, 1.807) is 155 Å². The summed E-state index contributed by atoms with van der Waals surface area (Å²) in [6, 6.07) is 35.8. The van der Waals surface area contributed by atoms with Gasteiger partial charge < -0.3 is 18.9 Å². The van der Waals surface area contributed by atoms with Gasteiger partial charge in [0.2, 0.25) is 0 Å². The number of benzene rings is 6. The van der Waals surface area contributed by atoms with Crippen molar-refractivity contribution in [2.75, 3.05) is 0 Å². The molecule has 0 atom stereocenters. The van der Waals surface area contributed by atoms with Crippen LogP contribution in [0.3, 0.4) is 0 Å². The number of Topliss-reactive ketones (excluding diaryl/α,β-unsaturated/α-hetero) is 2. The summed E-state index contributed by atoms with van der Waals surface area (Å²) >= 11 is 0. The monoisotopic (exact) mass is 964 g/mol. The molecule has 0 heterocycles. The molecule has 0 saturated heterocycles. The van der Waals surface area contributed by atoms with Crippen molar-refractivity contribution in [1.29, 1.82) is 0 Å². The van der Waals surface area contributed by atoms with E-state index in [1.807, 2.05) is 0 Å². The van der Waals surface area contributed by atoms with Crippen LogP contribution in [0, 0.1) is 13.8 Å². The molecular weight excluding hydrogens is 913 g/mol. The summed E-state index contributed by atoms with van der Waals surface area (Å²) in [4.78, 5) is 96.6. The Kier molecular flexibility index (Phi) is 19.0. The van der Waals surface area contributed by atoms with Crippen molar-refractivity contribution in [3.05, 3.63) is 239 Å². The number of allylic oxidation sites excluding steroid dienone is 4. The van der Waals surface area contributed by atoms with E-state index in [0.29, 0.717) is 67.5 Å². The smallest absolute Gasteiger partial charge is 0.343 e. The molecule has 0 aliphatic rings. The van der Waals surface area contributed by atoms with Gasteiger partial charge in [0.05, 0.1) is 22.3 Å². The zero-order valence-electron chi connectivity index (χ0n) is 40.4. The fraction of sp³-hybridized carbons (Fsp3) is 0.133. The molecule has 0 unspecified atom stereocenters. The highest BCUT2D eigenvalue weighted by Gasteiger charge is 2.17. The highest BCUT2D eigenvalue weighted by Crippen LogP contribution is 2.27. The second-order valence-electron chi connectivity index (χ2n) is 16.7. The predicted molar refractivity (Wildman–Crippen MR) is 273 cm³/mol. The van der Waals surface area contributed by atoms with Crippen molar-refractivity contribution in [3.63, 3.8) is 0 Å². The fourth-order valence-electron chi connectivity index (χ4n) is 6.50. The summed E-state index contributed by atoms with van der Waals surface area (Å²) in [5.74, 6) is -1.25. The standard InChI is InChI=1S/C31H28O6.C29H24O6/c1-19(2)27(32)17-22-6-10-24(11-7-22)30(34)36-26-14-15-29(21(5)16-26)37-31(35)25-12-8-23(9-13-25)18-28(33)20(3)4;1-4-24(30)17-20-6-10-22(11-7-20)28(32)34-26-14-15-27(19(3)16-26)35-29(33)23-12-8-21(9-13-23)18-25(31)5-2/h6-16H,1,3,17-18H2,2,4-5H3;4-16H,1-2,17-18H2,3H3. The normalized spacial score (nSPS) is 10.3. The number of aryl methyl sites for hydroxylation is 2. The number of ketones is 4. The first-order valence-corrected chi connectivity index (χ1v) is 22.5. The predicted octanol–water partition coefficient (Wildman–Crippen LogP) is 10.8. The van der Waals surface area contributed by atoms with Gasteiger partial charge in [-0.15, -0.1) is 0 Å². The molecule has 0 N–H and O–H groups in total. The highest BCUT2D eigenvalue weighted by atomic mass is 16.5. The molecule has 364 valence electrons. The molecule has 6 rings (SSSR count). The van der Waals surface area contributed by atoms with Crippen molar-refractivity contribution in [3.8, 4) is 23.0 Å². The fourth-order valence-corrected chi connectivity index (χ4v) is 6.50. The first-order chi connectivity index (χ1) is 34.3. The Balaban J connectivity index is 0.000000268. The summed E-state index contributed by atoms with van der Waals surface area (Å²) in [5, 5.41) is 0. The molecule has 0 fully saturated rings. The van der Waals surface area contributed by atoms with Crippen LogP contribution in [0.4, 0.5) is 0 Å². The maximum absolute atomic E-state index is 12.6. The molecule has 12 heteroatoms. The van der Waals surface area contributed by atoms with E-state index in [4.69, 9.17) is 18.9 Å². The molecule has 0 radical (unpaired) electrons. The van der Waals surface area contributed by atoms with Crippen LogP contribution in [-0.4, -0.2) is 47.0 Å². The van der Waals surface area contributed by atoms with Crippen LogP contribution in [0.1, 0.15) is 88.7 Å². The molecular formula is C60H52O12. The van der Waals surface area contributed by atoms with E-state index in [9.17, 15) is 38.4 Å². The second kappa shape index (κ2) is 25.4. The number of carbonyl (C=O) groups excluding carboxylic acids is 8. The number of rotatable bonds is 20. The van der Waals surface area contributed by atoms with Crippen molar-refractivity contribution < 1.29 is 57.3 Å². The Labute approximate surface area is 417 Å². The van der Waals surface area contributed by atoms with Crippen molar-refractivity contribution in [2.24, 2.45) is 0 Å². The molecule has 0 aromatic heterocycles. The van der Waals surface area contributed by atoms with E-state index in [0.717, 1.165) is 22.3 Å². The van der Waals surface area contributed by atoms with Crippen LogP contribution in [-0.2, 0) is 44.9 Å². The lowest BCUT2D eigenvalue weighted by Gasteiger charge is -2.10. The SMILES string of the molecule is C=C(C)C(=O)Cc1ccc(C(=O)Oc2ccc(OC(=O)c3ccc(CC(=O)C(=C)C)cc3)c(C)c2)cc1.C=CC(=O)Cc1ccc(C(=O)Oc2ccc(OC(=O)c3ccc(CC(=O)C=C)cc3)c(C)c2)cc1. The summed E-state index contributed by atoms with van der Waals surface area (Å²) in [6.07, 6.45) is 3.41. The third-order valence-corrected chi connectivity index (χ3v) is 10.8. The Morgan fingerprint density at radius 2 is 0.653 bits per heavy atom. The quantitative estimate of drug-likeness (QED) is 0.0403. The number of ether oxygens (including phenoxy) is 4. The number of esters is 4. The van der Waals surface area contributed by atoms with E-state index < -0.39 is 23.9 Å². The van der Waals surface area contributed by atoms with E-state index >= 15 is 0 Å². The lowest BCUT2D eigenvalue weighted by molar-refractivity contribution is -0.115. The first-order valence-electron chi connectivity index (χ1n) is 22.5. The molecule has 6 aromatic rings. The molecule has 6 aromatic carbocycles. The number of carbonyl (C=O) groups is 8. The van der Waals surface area contributed by atoms with Gasteiger partial charge in [-0.25, -0.2) is 19.2 Å². The zero-order chi connectivity index (χ0) is 52.5. The van der Waals surface area contributed by atoms with E-state index in [2.05, 4.69) is 26.3 Å². The molecule has 0 bridgehead atoms. The minimum Gasteiger partial charge on any atom is -0.423 e. The van der Waals surface area contributed by atoms with Gasteiger partial charge in [-0.2, -0.15) is 0 Å². The Hall–Kier alpha value is -9.16. The van der Waals surface area contributed by atoms with Gasteiger partial charge in [-0.05, 0) is 169 Å². The maximum atomic E-state index is 12.6. The summed E-state index contributed by atoms with van der Waals surface area (Å²) in [6.45, 7) is 21.0. The molecule has 0 aliphatic carbocycles. The van der Waals surface area contributed by atoms with Crippen LogP contribution >= 0.6 is 0 Å². The molecule has 72 heavy (non-hydrogen) atoms. The molecule has 0 aliphatic heterocycles. The van der Waals surface area contributed by atoms with Gasteiger partial charge in [0.1, 0.15) is 23.0 Å². The van der Waals surface area contributed by atoms with E-state index in [1.165, 1.54) is 18.2 Å². The maximum Gasteiger partial charge on any atom is 0.343 e. The first kappa shape index (κ1) is 53.8. The van der Waals surface area contributed by atoms with Gasteiger partial charge in [0.15, 0.2) is 23.1 Å². The average molecular weight is 965 g/mol. The second-order valence-corrected chi connectivity index (χ2v) is 16.7. The van der Waals surface area contributed by atoms with Gasteiger partial charge in [-0.1, -0.05) is 74.8 Å². The zero-order valence-corrected chi connectivity index (χ0v) is 40.4. The van der Waals surface area contributed by atoms with Crippen molar-refractivity contribution in [2.45, 2.75) is 53.4 Å². The van der Waals surface area contributed by atoms with Gasteiger partial charge in [-0.3, -0.25) is 19.2 Å². The van der Waals surface area contributed by atoms with E-state index in [-0.39, 0.29) is 48.8 Å². The molecule has 12 nitrogen and oxygen atoms in total. The number of hydrogen-bond donors (Lipinski definition) is 0. The third-order valence-electron chi connectivity index (χ3n) is 10.8. The lowest BCUT2D eigenvalue weighted by atomic mass is 10.0. The van der Waals surface area contributed by atoms with Gasteiger partial charge >= 0.3 is 23.9 Å². The van der Waals surface area contributed by atoms with Gasteiger partial charge in [0, 0.05) is 25.7 Å². The Morgan fingerprint density at radius 1 is 0.389 bits per heavy atom. The van der Waals surface area contributed by atoms with Crippen LogP contribution in [0.5, 0.6) is 23.0 Å². The third kappa shape index (κ3) is 16.0. The summed E-state index contributed by atoms with van der Waals surface area (Å²) < 4.78 is 21.9. The minimum atomic E-state index is -0.550. The molecule has 0 spiro atoms. The largest absolute Gasteiger partial charge is 0.423 e. The summed E-state index contributed by atoms with van der Waals surface area (Å²) in [7, 11) is 0. The van der Waals surface area contributed by atoms with Crippen LogP contribution in [0.25, 0.3) is 0 Å². The Bertz CT molecular complexity index is 3080. The van der Waals surface area contributed by atoms with Crippen molar-refractivity contribution in [1.82, 2.24) is 0 Å². The van der Waals surface area contributed by atoms with Crippen molar-refractivity contribution >= 4 is 47.0 Å². The highest BCUT2D eigenvalue weighted by molar-refractivity contribution is 5.97.